The van der Waals surface area contributed by atoms with Crippen LogP contribution in [0, 0.1) is 0 Å². The molecule has 1 nitrogen and oxygen atoms in total. The van der Waals surface area contributed by atoms with Crippen LogP contribution in [0.25, 0.3) is 0 Å². The molecule has 1 aliphatic rings. The van der Waals surface area contributed by atoms with Crippen molar-refractivity contribution in [1.29, 1.82) is 0 Å². The summed E-state index contributed by atoms with van der Waals surface area (Å²) in [5, 5.41) is 14.1. The SMILES string of the molecule is CCC1(O)CC(C)=C(C[Si](c2ccccc2)(c2ccccc2)C(C)(C)C)C1. The van der Waals surface area contributed by atoms with Crippen molar-refractivity contribution >= 4 is 18.4 Å². The summed E-state index contributed by atoms with van der Waals surface area (Å²) in [6, 6.07) is 23.4. The molecule has 2 aromatic rings. The molecule has 0 heterocycles. The highest BCUT2D eigenvalue weighted by Crippen LogP contribution is 2.46. The Morgan fingerprint density at radius 2 is 1.37 bits per heavy atom. The molecule has 0 aromatic heterocycles. The molecule has 0 saturated heterocycles. The minimum Gasteiger partial charge on any atom is -0.389 e. The van der Waals surface area contributed by atoms with Gasteiger partial charge in [-0.25, -0.2) is 0 Å². The number of aliphatic hydroxyl groups is 1. The summed E-state index contributed by atoms with van der Waals surface area (Å²) in [7, 11) is -2.10. The fraction of sp³-hybridized carbons (Fsp3) is 0.440. The second-order valence-corrected chi connectivity index (χ2v) is 14.2. The van der Waals surface area contributed by atoms with Gasteiger partial charge in [-0.15, -0.1) is 0 Å². The van der Waals surface area contributed by atoms with Crippen molar-refractivity contribution < 1.29 is 5.11 Å². The highest BCUT2D eigenvalue weighted by atomic mass is 28.3. The topological polar surface area (TPSA) is 20.2 Å². The second-order valence-electron chi connectivity index (χ2n) is 9.38. The van der Waals surface area contributed by atoms with Gasteiger partial charge in [-0.2, -0.15) is 0 Å². The number of hydrogen-bond donors (Lipinski definition) is 1. The van der Waals surface area contributed by atoms with Gasteiger partial charge in [0.1, 0.15) is 8.07 Å². The van der Waals surface area contributed by atoms with Crippen LogP contribution in [0.4, 0.5) is 0 Å². The van der Waals surface area contributed by atoms with Gasteiger partial charge < -0.3 is 5.11 Å². The normalized spacial score (nSPS) is 21.0. The standard InChI is InChI=1S/C25H34OSi/c1-6-25(26)17-20(2)21(18-25)19-27(24(3,4)5,22-13-9-7-10-14-22)23-15-11-8-12-16-23/h7-16,26H,6,17-19H2,1-5H3. The van der Waals surface area contributed by atoms with E-state index in [1.165, 1.54) is 21.5 Å². The highest BCUT2D eigenvalue weighted by molar-refractivity contribution is 7.04. The predicted molar refractivity (Wildman–Crippen MR) is 120 cm³/mol. The number of hydrogen-bond acceptors (Lipinski definition) is 1. The lowest BCUT2D eigenvalue weighted by Crippen LogP contribution is -2.64. The first-order valence-corrected chi connectivity index (χ1v) is 12.4. The van der Waals surface area contributed by atoms with Crippen molar-refractivity contribution in [3.63, 3.8) is 0 Å². The van der Waals surface area contributed by atoms with Crippen LogP contribution in [-0.2, 0) is 0 Å². The third kappa shape index (κ3) is 3.70. The van der Waals surface area contributed by atoms with E-state index in [-0.39, 0.29) is 5.04 Å². The van der Waals surface area contributed by atoms with E-state index in [1.807, 2.05) is 0 Å². The molecule has 1 N–H and O–H groups in total. The fourth-order valence-electron chi connectivity index (χ4n) is 4.96. The summed E-state index contributed by atoms with van der Waals surface area (Å²) in [6.07, 6.45) is 2.49. The lowest BCUT2D eigenvalue weighted by molar-refractivity contribution is 0.0469. The maximum absolute atomic E-state index is 11.0. The van der Waals surface area contributed by atoms with Crippen molar-refractivity contribution in [2.75, 3.05) is 0 Å². The molecule has 144 valence electrons. The monoisotopic (exact) mass is 378 g/mol. The number of rotatable bonds is 5. The molecule has 2 aromatic carbocycles. The summed E-state index contributed by atoms with van der Waals surface area (Å²) in [6.45, 7) is 11.6. The molecule has 2 heteroatoms. The molecule has 0 fully saturated rings. The van der Waals surface area contributed by atoms with Crippen LogP contribution >= 0.6 is 0 Å². The molecule has 0 bridgehead atoms. The van der Waals surface area contributed by atoms with Crippen LogP contribution in [0.5, 0.6) is 0 Å². The molecular weight excluding hydrogens is 344 g/mol. The second kappa shape index (κ2) is 7.41. The first-order chi connectivity index (χ1) is 12.7. The largest absolute Gasteiger partial charge is 0.389 e. The van der Waals surface area contributed by atoms with Gasteiger partial charge in [-0.3, -0.25) is 0 Å². The third-order valence-corrected chi connectivity index (χ3v) is 12.8. The first-order valence-electron chi connectivity index (χ1n) is 10.2. The van der Waals surface area contributed by atoms with E-state index in [2.05, 4.69) is 95.3 Å². The van der Waals surface area contributed by atoms with Gasteiger partial charge in [0.15, 0.2) is 0 Å². The summed E-state index contributed by atoms with van der Waals surface area (Å²) in [5.74, 6) is 0. The van der Waals surface area contributed by atoms with Crippen molar-refractivity contribution in [2.45, 2.75) is 70.6 Å². The Labute approximate surface area is 166 Å². The highest BCUT2D eigenvalue weighted by Gasteiger charge is 2.49. The van der Waals surface area contributed by atoms with E-state index in [9.17, 15) is 5.11 Å². The molecule has 0 radical (unpaired) electrons. The molecule has 27 heavy (non-hydrogen) atoms. The van der Waals surface area contributed by atoms with Crippen molar-refractivity contribution in [1.82, 2.24) is 0 Å². The minimum absolute atomic E-state index is 0.163. The van der Waals surface area contributed by atoms with Gasteiger partial charge in [0, 0.05) is 0 Å². The summed E-state index contributed by atoms with van der Waals surface area (Å²) >= 11 is 0. The Hall–Kier alpha value is -1.64. The first kappa shape index (κ1) is 20.1. The van der Waals surface area contributed by atoms with Crippen LogP contribution in [0.3, 0.4) is 0 Å². The average Bonchev–Trinajstić information content (AvgIpc) is 2.94. The van der Waals surface area contributed by atoms with Gasteiger partial charge in [0.05, 0.1) is 5.60 Å². The van der Waals surface area contributed by atoms with E-state index in [1.54, 1.807) is 0 Å². The predicted octanol–water partition coefficient (Wildman–Crippen LogP) is 5.30. The van der Waals surface area contributed by atoms with Crippen LogP contribution in [0.1, 0.15) is 53.9 Å². The fourth-order valence-corrected chi connectivity index (χ4v) is 10.6. The quantitative estimate of drug-likeness (QED) is 0.553. The van der Waals surface area contributed by atoms with Crippen molar-refractivity contribution in [2.24, 2.45) is 0 Å². The molecule has 0 amide bonds. The average molecular weight is 379 g/mol. The van der Waals surface area contributed by atoms with Gasteiger partial charge in [0.2, 0.25) is 0 Å². The van der Waals surface area contributed by atoms with E-state index >= 15 is 0 Å². The lowest BCUT2D eigenvalue weighted by atomic mass is 9.96. The van der Waals surface area contributed by atoms with E-state index in [0.717, 1.165) is 25.3 Å². The molecule has 3 rings (SSSR count). The Bertz CT molecular complexity index is 762. The van der Waals surface area contributed by atoms with Crippen LogP contribution in [-0.4, -0.2) is 18.8 Å². The zero-order valence-corrected chi connectivity index (χ0v) is 18.5. The Morgan fingerprint density at radius 1 is 0.889 bits per heavy atom. The molecule has 0 saturated carbocycles. The van der Waals surface area contributed by atoms with Crippen LogP contribution < -0.4 is 10.4 Å². The summed E-state index contributed by atoms with van der Waals surface area (Å²) < 4.78 is 0. The van der Waals surface area contributed by atoms with Crippen LogP contribution in [0.2, 0.25) is 11.1 Å². The Kier molecular flexibility index (Phi) is 5.51. The van der Waals surface area contributed by atoms with Gasteiger partial charge in [-0.1, -0.05) is 110 Å². The van der Waals surface area contributed by atoms with Crippen molar-refractivity contribution in [3.05, 3.63) is 71.8 Å². The lowest BCUT2D eigenvalue weighted by Gasteiger charge is -2.45. The smallest absolute Gasteiger partial charge is 0.127 e. The van der Waals surface area contributed by atoms with Gasteiger partial charge >= 0.3 is 0 Å². The molecule has 1 aliphatic carbocycles. The zero-order chi connectivity index (χ0) is 19.7. The molecule has 0 spiro atoms. The van der Waals surface area contributed by atoms with E-state index in [0.29, 0.717) is 0 Å². The third-order valence-electron chi connectivity index (χ3n) is 6.69. The van der Waals surface area contributed by atoms with Crippen LogP contribution in [0.15, 0.2) is 71.8 Å². The molecule has 1 atom stereocenters. The molecule has 1 unspecified atom stereocenters. The van der Waals surface area contributed by atoms with Crippen molar-refractivity contribution in [3.8, 4) is 0 Å². The Balaban J connectivity index is 2.18. The van der Waals surface area contributed by atoms with E-state index < -0.39 is 13.7 Å². The Morgan fingerprint density at radius 3 is 1.74 bits per heavy atom. The maximum atomic E-state index is 11.0. The number of benzene rings is 2. The maximum Gasteiger partial charge on any atom is 0.127 e. The van der Waals surface area contributed by atoms with Gasteiger partial charge in [-0.05, 0) is 37.3 Å². The summed E-state index contributed by atoms with van der Waals surface area (Å²) in [5.41, 5.74) is 2.37. The summed E-state index contributed by atoms with van der Waals surface area (Å²) in [4.78, 5) is 0. The van der Waals surface area contributed by atoms with Gasteiger partial charge in [0.25, 0.3) is 0 Å². The zero-order valence-electron chi connectivity index (χ0n) is 17.5. The van der Waals surface area contributed by atoms with E-state index in [4.69, 9.17) is 0 Å². The molecule has 0 aliphatic heterocycles. The molecular formula is C25H34OSi. The minimum atomic E-state index is -2.10.